The first-order chi connectivity index (χ1) is 8.16. The van der Waals surface area contributed by atoms with Crippen LogP contribution in [0.15, 0.2) is 24.3 Å². The van der Waals surface area contributed by atoms with Gasteiger partial charge in [-0.25, -0.2) is 0 Å². The number of aliphatic hydroxyl groups is 1. The summed E-state index contributed by atoms with van der Waals surface area (Å²) >= 11 is 5.84. The Hall–Kier alpha value is -0.570. The van der Waals surface area contributed by atoms with Gasteiger partial charge in [-0.15, -0.1) is 0 Å². The van der Waals surface area contributed by atoms with Gasteiger partial charge < -0.3 is 10.0 Å². The minimum Gasteiger partial charge on any atom is -0.388 e. The van der Waals surface area contributed by atoms with Gasteiger partial charge in [-0.1, -0.05) is 30.2 Å². The fourth-order valence-corrected chi connectivity index (χ4v) is 2.65. The Morgan fingerprint density at radius 2 is 2.06 bits per heavy atom. The predicted octanol–water partition coefficient (Wildman–Crippen LogP) is 3.25. The molecule has 1 aromatic carbocycles. The van der Waals surface area contributed by atoms with Crippen LogP contribution >= 0.6 is 11.6 Å². The lowest BCUT2D eigenvalue weighted by atomic mass is 9.94. The number of piperidine rings is 1. The maximum Gasteiger partial charge on any atom is 0.0805 e. The Labute approximate surface area is 108 Å². The number of benzene rings is 1. The molecule has 1 aromatic rings. The van der Waals surface area contributed by atoms with Crippen molar-refractivity contribution in [3.63, 3.8) is 0 Å². The highest BCUT2D eigenvalue weighted by molar-refractivity contribution is 6.30. The van der Waals surface area contributed by atoms with E-state index in [4.69, 9.17) is 11.6 Å². The van der Waals surface area contributed by atoms with Crippen molar-refractivity contribution >= 4 is 11.6 Å². The summed E-state index contributed by atoms with van der Waals surface area (Å²) in [5, 5.41) is 10.9. The molecule has 2 nitrogen and oxygen atoms in total. The van der Waals surface area contributed by atoms with E-state index in [0.717, 1.165) is 23.6 Å². The van der Waals surface area contributed by atoms with Crippen molar-refractivity contribution in [1.82, 2.24) is 4.90 Å². The number of hydrogen-bond donors (Lipinski definition) is 1. The number of halogens is 1. The lowest BCUT2D eigenvalue weighted by Crippen LogP contribution is -2.37. The van der Waals surface area contributed by atoms with Crippen LogP contribution in [0.4, 0.5) is 0 Å². The van der Waals surface area contributed by atoms with E-state index in [1.165, 1.54) is 19.3 Å². The third-order valence-corrected chi connectivity index (χ3v) is 3.92. The Kier molecular flexibility index (Phi) is 4.43. The maximum absolute atomic E-state index is 10.2. The lowest BCUT2D eigenvalue weighted by Gasteiger charge is -2.33. The van der Waals surface area contributed by atoms with E-state index in [2.05, 4.69) is 11.9 Å². The quantitative estimate of drug-likeness (QED) is 0.894. The fraction of sp³-hybridized carbons (Fsp3) is 0.571. The molecule has 0 radical (unpaired) electrons. The molecule has 0 aromatic heterocycles. The largest absolute Gasteiger partial charge is 0.388 e. The molecular formula is C14H20ClNO. The first-order valence-electron chi connectivity index (χ1n) is 6.30. The second-order valence-corrected chi connectivity index (χ2v) is 5.37. The van der Waals surface area contributed by atoms with E-state index in [1.807, 2.05) is 24.3 Å². The Balaban J connectivity index is 1.95. The van der Waals surface area contributed by atoms with Gasteiger partial charge in [0.25, 0.3) is 0 Å². The molecule has 1 aliphatic heterocycles. The molecule has 1 fully saturated rings. The summed E-state index contributed by atoms with van der Waals surface area (Å²) in [6.07, 6.45) is 4.20. The van der Waals surface area contributed by atoms with E-state index >= 15 is 0 Å². The highest BCUT2D eigenvalue weighted by Crippen LogP contribution is 2.26. The topological polar surface area (TPSA) is 23.5 Å². The molecule has 94 valence electrons. The second-order valence-electron chi connectivity index (χ2n) is 4.93. The van der Waals surface area contributed by atoms with Gasteiger partial charge in [0.05, 0.1) is 6.10 Å². The third kappa shape index (κ3) is 3.44. The van der Waals surface area contributed by atoms with Crippen LogP contribution in [-0.4, -0.2) is 29.6 Å². The second kappa shape index (κ2) is 5.85. The molecule has 2 atom stereocenters. The first-order valence-corrected chi connectivity index (χ1v) is 6.68. The summed E-state index contributed by atoms with van der Waals surface area (Å²) in [6, 6.07) is 8.01. The van der Waals surface area contributed by atoms with E-state index in [1.54, 1.807) is 0 Å². The monoisotopic (exact) mass is 253 g/mol. The van der Waals surface area contributed by atoms with Crippen LogP contribution in [-0.2, 0) is 0 Å². The van der Waals surface area contributed by atoms with Gasteiger partial charge >= 0.3 is 0 Å². The Morgan fingerprint density at radius 3 is 2.71 bits per heavy atom. The van der Waals surface area contributed by atoms with Crippen LogP contribution in [0, 0.1) is 0 Å². The number of likely N-dealkylation sites (tertiary alicyclic amines) is 1. The number of hydrogen-bond acceptors (Lipinski definition) is 2. The normalized spacial score (nSPS) is 23.6. The maximum atomic E-state index is 10.2. The molecule has 0 aliphatic carbocycles. The van der Waals surface area contributed by atoms with Crippen molar-refractivity contribution in [1.29, 1.82) is 0 Å². The Bertz CT molecular complexity index is 352. The van der Waals surface area contributed by atoms with E-state index < -0.39 is 0 Å². The van der Waals surface area contributed by atoms with Crippen LogP contribution in [0.2, 0.25) is 5.02 Å². The number of aliphatic hydroxyl groups excluding tert-OH is 1. The SMILES string of the molecule is CN1CCCCC1CC(O)c1ccc(Cl)cc1. The highest BCUT2D eigenvalue weighted by Gasteiger charge is 2.22. The molecule has 1 heterocycles. The molecule has 1 aliphatic rings. The fourth-order valence-electron chi connectivity index (χ4n) is 2.52. The summed E-state index contributed by atoms with van der Waals surface area (Å²) in [5.41, 5.74) is 0.966. The molecule has 0 spiro atoms. The van der Waals surface area contributed by atoms with Gasteiger partial charge in [0.2, 0.25) is 0 Å². The minimum atomic E-state index is -0.377. The van der Waals surface area contributed by atoms with Crippen molar-refractivity contribution in [3.05, 3.63) is 34.9 Å². The highest BCUT2D eigenvalue weighted by atomic mass is 35.5. The molecular weight excluding hydrogens is 234 g/mol. The van der Waals surface area contributed by atoms with Crippen molar-refractivity contribution in [3.8, 4) is 0 Å². The average molecular weight is 254 g/mol. The van der Waals surface area contributed by atoms with Crippen molar-refractivity contribution in [2.75, 3.05) is 13.6 Å². The van der Waals surface area contributed by atoms with E-state index in [-0.39, 0.29) is 6.10 Å². The van der Waals surface area contributed by atoms with Gasteiger partial charge in [-0.05, 0) is 50.6 Å². The Morgan fingerprint density at radius 1 is 1.35 bits per heavy atom. The number of nitrogens with zero attached hydrogens (tertiary/aromatic N) is 1. The van der Waals surface area contributed by atoms with Gasteiger partial charge in [0, 0.05) is 11.1 Å². The van der Waals surface area contributed by atoms with Gasteiger partial charge in [-0.3, -0.25) is 0 Å². The summed E-state index contributed by atoms with van der Waals surface area (Å²) in [4.78, 5) is 2.36. The molecule has 0 bridgehead atoms. The molecule has 0 saturated carbocycles. The molecule has 2 unspecified atom stereocenters. The standard InChI is InChI=1S/C14H20ClNO/c1-16-9-3-2-4-13(16)10-14(17)11-5-7-12(15)8-6-11/h5-8,13-14,17H,2-4,9-10H2,1H3. The molecule has 0 amide bonds. The van der Waals surface area contributed by atoms with Crippen LogP contribution in [0.1, 0.15) is 37.4 Å². The third-order valence-electron chi connectivity index (χ3n) is 3.67. The van der Waals surface area contributed by atoms with Crippen LogP contribution in [0.25, 0.3) is 0 Å². The molecule has 17 heavy (non-hydrogen) atoms. The van der Waals surface area contributed by atoms with E-state index in [0.29, 0.717) is 6.04 Å². The summed E-state index contributed by atoms with van der Waals surface area (Å²) in [5.74, 6) is 0. The molecule has 3 heteroatoms. The minimum absolute atomic E-state index is 0.377. The van der Waals surface area contributed by atoms with Gasteiger partial charge in [0.1, 0.15) is 0 Å². The molecule has 1 saturated heterocycles. The summed E-state index contributed by atoms with van der Waals surface area (Å²) < 4.78 is 0. The van der Waals surface area contributed by atoms with E-state index in [9.17, 15) is 5.11 Å². The van der Waals surface area contributed by atoms with Crippen LogP contribution in [0.5, 0.6) is 0 Å². The number of rotatable bonds is 3. The zero-order chi connectivity index (χ0) is 12.3. The zero-order valence-electron chi connectivity index (χ0n) is 10.3. The van der Waals surface area contributed by atoms with Gasteiger partial charge in [0.15, 0.2) is 0 Å². The zero-order valence-corrected chi connectivity index (χ0v) is 11.0. The van der Waals surface area contributed by atoms with Crippen LogP contribution < -0.4 is 0 Å². The van der Waals surface area contributed by atoms with Gasteiger partial charge in [-0.2, -0.15) is 0 Å². The van der Waals surface area contributed by atoms with Crippen molar-refractivity contribution in [2.45, 2.75) is 37.8 Å². The van der Waals surface area contributed by atoms with Crippen LogP contribution in [0.3, 0.4) is 0 Å². The summed E-state index contributed by atoms with van der Waals surface area (Å²) in [6.45, 7) is 1.15. The molecule has 1 N–H and O–H groups in total. The van der Waals surface area contributed by atoms with Crippen molar-refractivity contribution < 1.29 is 5.11 Å². The average Bonchev–Trinajstić information content (AvgIpc) is 2.33. The first kappa shape index (κ1) is 12.9. The predicted molar refractivity (Wildman–Crippen MR) is 71.3 cm³/mol. The smallest absolute Gasteiger partial charge is 0.0805 e. The lowest BCUT2D eigenvalue weighted by molar-refractivity contribution is 0.0944. The summed E-state index contributed by atoms with van der Waals surface area (Å²) in [7, 11) is 2.15. The molecule has 2 rings (SSSR count). The van der Waals surface area contributed by atoms with Crippen molar-refractivity contribution in [2.24, 2.45) is 0 Å².